The average molecular weight is 320 g/mol. The van der Waals surface area contributed by atoms with Crippen LogP contribution >= 0.6 is 0 Å². The van der Waals surface area contributed by atoms with Gasteiger partial charge < -0.3 is 16.6 Å². The topological polar surface area (TPSA) is 89.3 Å². The first-order valence-corrected chi connectivity index (χ1v) is 8.97. The van der Waals surface area contributed by atoms with E-state index in [1.165, 1.54) is 57.4 Å². The van der Waals surface area contributed by atoms with E-state index in [2.05, 4.69) is 6.92 Å². The molecule has 1 aromatic rings. The molecule has 1 aromatic carbocycles. The van der Waals surface area contributed by atoms with Crippen LogP contribution in [0.5, 0.6) is 0 Å². The van der Waals surface area contributed by atoms with Crippen LogP contribution in [0.4, 0.5) is 11.4 Å². The third kappa shape index (κ3) is 7.40. The fourth-order valence-electron chi connectivity index (χ4n) is 2.98. The van der Waals surface area contributed by atoms with Crippen LogP contribution in [0.1, 0.15) is 87.1 Å². The maximum Gasteiger partial charge on any atom is 0.336 e. The molecule has 0 saturated heterocycles. The molecule has 0 aliphatic heterocycles. The van der Waals surface area contributed by atoms with Crippen LogP contribution < -0.4 is 11.5 Å². The number of nitrogen functional groups attached to an aromatic ring is 2. The summed E-state index contributed by atoms with van der Waals surface area (Å²) >= 11 is 0. The van der Waals surface area contributed by atoms with Crippen molar-refractivity contribution in [2.75, 3.05) is 11.5 Å². The SMILES string of the molecule is CCCCCCCCCCCCc1c(N)cc(N)cc1C(=O)O. The molecule has 0 bridgehead atoms. The third-order valence-corrected chi connectivity index (χ3v) is 4.32. The standard InChI is InChI=1S/C19H32N2O2/c1-2-3-4-5-6-7-8-9-10-11-12-16-17(19(22)23)13-15(20)14-18(16)21/h13-14H,2-12,20-21H2,1H3,(H,22,23). The predicted molar refractivity (Wildman–Crippen MR) is 97.8 cm³/mol. The van der Waals surface area contributed by atoms with Gasteiger partial charge in [-0.05, 0) is 30.5 Å². The van der Waals surface area contributed by atoms with Gasteiger partial charge >= 0.3 is 5.97 Å². The van der Waals surface area contributed by atoms with Gasteiger partial charge in [0, 0.05) is 11.4 Å². The normalized spacial score (nSPS) is 10.8. The van der Waals surface area contributed by atoms with Crippen molar-refractivity contribution in [1.82, 2.24) is 0 Å². The van der Waals surface area contributed by atoms with Crippen molar-refractivity contribution in [1.29, 1.82) is 0 Å². The predicted octanol–water partition coefficient (Wildman–Crippen LogP) is 5.01. The molecule has 4 heteroatoms. The second kappa shape index (κ2) is 10.9. The lowest BCUT2D eigenvalue weighted by atomic mass is 9.98. The number of benzene rings is 1. The number of rotatable bonds is 12. The highest BCUT2D eigenvalue weighted by molar-refractivity contribution is 5.92. The highest BCUT2D eigenvalue weighted by Crippen LogP contribution is 2.24. The Labute approximate surface area is 140 Å². The zero-order valence-corrected chi connectivity index (χ0v) is 14.4. The zero-order chi connectivity index (χ0) is 17.1. The first kappa shape index (κ1) is 19.3. The van der Waals surface area contributed by atoms with Gasteiger partial charge in [0.15, 0.2) is 0 Å². The summed E-state index contributed by atoms with van der Waals surface area (Å²) in [6.07, 6.45) is 13.3. The van der Waals surface area contributed by atoms with Crippen LogP contribution in [-0.4, -0.2) is 11.1 Å². The van der Waals surface area contributed by atoms with Crippen molar-refractivity contribution in [2.24, 2.45) is 0 Å². The third-order valence-electron chi connectivity index (χ3n) is 4.32. The lowest BCUT2D eigenvalue weighted by Crippen LogP contribution is -2.07. The van der Waals surface area contributed by atoms with Crippen molar-refractivity contribution in [3.05, 3.63) is 23.3 Å². The molecular weight excluding hydrogens is 288 g/mol. The molecule has 4 nitrogen and oxygen atoms in total. The number of nitrogens with two attached hydrogens (primary N) is 2. The fourth-order valence-corrected chi connectivity index (χ4v) is 2.98. The lowest BCUT2D eigenvalue weighted by molar-refractivity contribution is 0.0695. The molecule has 0 aliphatic rings. The number of carboxylic acids is 1. The first-order chi connectivity index (χ1) is 11.1. The quantitative estimate of drug-likeness (QED) is 0.373. The van der Waals surface area contributed by atoms with Gasteiger partial charge in [-0.3, -0.25) is 0 Å². The molecule has 130 valence electrons. The summed E-state index contributed by atoms with van der Waals surface area (Å²) in [4.78, 5) is 11.3. The van der Waals surface area contributed by atoms with Gasteiger partial charge in [0.25, 0.3) is 0 Å². The number of carboxylic acid groups (broad SMARTS) is 1. The summed E-state index contributed by atoms with van der Waals surface area (Å²) in [6.45, 7) is 2.24. The molecule has 23 heavy (non-hydrogen) atoms. The molecule has 0 saturated carbocycles. The second-order valence-electron chi connectivity index (χ2n) is 6.37. The van der Waals surface area contributed by atoms with Gasteiger partial charge in [-0.25, -0.2) is 4.79 Å². The van der Waals surface area contributed by atoms with Crippen LogP contribution in [0.15, 0.2) is 12.1 Å². The van der Waals surface area contributed by atoms with Crippen molar-refractivity contribution in [2.45, 2.75) is 77.6 Å². The summed E-state index contributed by atoms with van der Waals surface area (Å²) in [5.41, 5.74) is 13.5. The van der Waals surface area contributed by atoms with E-state index in [9.17, 15) is 9.90 Å². The van der Waals surface area contributed by atoms with E-state index in [1.54, 1.807) is 6.07 Å². The van der Waals surface area contributed by atoms with Crippen LogP contribution in [0.3, 0.4) is 0 Å². The summed E-state index contributed by atoms with van der Waals surface area (Å²) in [5.74, 6) is -0.953. The van der Waals surface area contributed by atoms with Gasteiger partial charge in [-0.2, -0.15) is 0 Å². The van der Waals surface area contributed by atoms with E-state index in [4.69, 9.17) is 11.5 Å². The molecular formula is C19H32N2O2. The minimum absolute atomic E-state index is 0.249. The number of hydrogen-bond acceptors (Lipinski definition) is 3. The van der Waals surface area contributed by atoms with Gasteiger partial charge in [0.05, 0.1) is 5.56 Å². The molecule has 0 unspecified atom stereocenters. The Balaban J connectivity index is 2.25. The summed E-state index contributed by atoms with van der Waals surface area (Å²) in [7, 11) is 0. The molecule has 0 amide bonds. The Morgan fingerprint density at radius 3 is 1.96 bits per heavy atom. The first-order valence-electron chi connectivity index (χ1n) is 8.97. The summed E-state index contributed by atoms with van der Waals surface area (Å²) in [5, 5.41) is 9.26. The van der Waals surface area contributed by atoms with Crippen LogP contribution in [-0.2, 0) is 6.42 Å². The molecule has 0 aromatic heterocycles. The molecule has 1 rings (SSSR count). The largest absolute Gasteiger partial charge is 0.478 e. The number of hydrogen-bond donors (Lipinski definition) is 3. The summed E-state index contributed by atoms with van der Waals surface area (Å²) < 4.78 is 0. The molecule has 0 fully saturated rings. The number of unbranched alkanes of at least 4 members (excludes halogenated alkanes) is 9. The molecule has 5 N–H and O–H groups in total. The highest BCUT2D eigenvalue weighted by atomic mass is 16.4. The maximum absolute atomic E-state index is 11.3. The molecule has 0 heterocycles. The minimum Gasteiger partial charge on any atom is -0.478 e. The Morgan fingerprint density at radius 2 is 1.43 bits per heavy atom. The van der Waals surface area contributed by atoms with Crippen LogP contribution in [0, 0.1) is 0 Å². The molecule has 0 spiro atoms. The monoisotopic (exact) mass is 320 g/mol. The highest BCUT2D eigenvalue weighted by Gasteiger charge is 2.13. The maximum atomic E-state index is 11.3. The van der Waals surface area contributed by atoms with Gasteiger partial charge in [-0.15, -0.1) is 0 Å². The van der Waals surface area contributed by atoms with E-state index < -0.39 is 5.97 Å². The zero-order valence-electron chi connectivity index (χ0n) is 14.4. The number of carbonyl (C=O) groups is 1. The number of aromatic carboxylic acids is 1. The molecule has 0 radical (unpaired) electrons. The van der Waals surface area contributed by atoms with Gasteiger partial charge in [0.2, 0.25) is 0 Å². The molecule has 0 aliphatic carbocycles. The smallest absolute Gasteiger partial charge is 0.336 e. The Hall–Kier alpha value is -1.71. The van der Waals surface area contributed by atoms with E-state index in [-0.39, 0.29) is 5.56 Å². The van der Waals surface area contributed by atoms with E-state index in [1.807, 2.05) is 0 Å². The minimum atomic E-state index is -0.953. The Bertz CT molecular complexity index is 487. The van der Waals surface area contributed by atoms with Crippen LogP contribution in [0.25, 0.3) is 0 Å². The van der Waals surface area contributed by atoms with E-state index in [0.717, 1.165) is 18.4 Å². The van der Waals surface area contributed by atoms with E-state index >= 15 is 0 Å². The Kier molecular flexibility index (Phi) is 9.18. The molecule has 0 atom stereocenters. The van der Waals surface area contributed by atoms with Crippen molar-refractivity contribution in [3.8, 4) is 0 Å². The van der Waals surface area contributed by atoms with Gasteiger partial charge in [-0.1, -0.05) is 64.7 Å². The van der Waals surface area contributed by atoms with E-state index in [0.29, 0.717) is 17.8 Å². The number of anilines is 2. The summed E-state index contributed by atoms with van der Waals surface area (Å²) in [6, 6.07) is 3.16. The second-order valence-corrected chi connectivity index (χ2v) is 6.37. The lowest BCUT2D eigenvalue weighted by Gasteiger charge is -2.11. The van der Waals surface area contributed by atoms with Crippen LogP contribution in [0.2, 0.25) is 0 Å². The van der Waals surface area contributed by atoms with Crippen molar-refractivity contribution >= 4 is 17.3 Å². The Morgan fingerprint density at radius 1 is 0.913 bits per heavy atom. The average Bonchev–Trinajstić information content (AvgIpc) is 2.50. The van der Waals surface area contributed by atoms with Crippen molar-refractivity contribution < 1.29 is 9.90 Å². The fraction of sp³-hybridized carbons (Fsp3) is 0.632. The van der Waals surface area contributed by atoms with Gasteiger partial charge in [0.1, 0.15) is 0 Å². The van der Waals surface area contributed by atoms with Crippen molar-refractivity contribution in [3.63, 3.8) is 0 Å².